The van der Waals surface area contributed by atoms with E-state index in [0.29, 0.717) is 19.7 Å². The molecule has 0 aliphatic rings. The standard InChI is InChI=1S/C16H25N3O2/c1-12-7-15-16(8-13(12)2)19(11-17-15)10-14(20)9-18(3)5-6-21-4/h7-8,11,14,20H,5-6,9-10H2,1-4H3. The molecule has 0 aliphatic heterocycles. The van der Waals surface area contributed by atoms with E-state index in [1.54, 1.807) is 7.11 Å². The Labute approximate surface area is 126 Å². The molecule has 0 aliphatic carbocycles. The molecule has 0 saturated carbocycles. The van der Waals surface area contributed by atoms with Crippen LogP contribution in [0.4, 0.5) is 0 Å². The summed E-state index contributed by atoms with van der Waals surface area (Å²) in [4.78, 5) is 6.49. The third-order valence-electron chi connectivity index (χ3n) is 3.84. The van der Waals surface area contributed by atoms with Crippen molar-refractivity contribution < 1.29 is 9.84 Å². The molecule has 5 heteroatoms. The number of ether oxygens (including phenoxy) is 1. The molecule has 2 aromatic rings. The largest absolute Gasteiger partial charge is 0.390 e. The average molecular weight is 291 g/mol. The lowest BCUT2D eigenvalue weighted by Gasteiger charge is -2.20. The summed E-state index contributed by atoms with van der Waals surface area (Å²) in [6, 6.07) is 4.23. The number of hydrogen-bond acceptors (Lipinski definition) is 4. The van der Waals surface area contributed by atoms with Gasteiger partial charge >= 0.3 is 0 Å². The van der Waals surface area contributed by atoms with Gasteiger partial charge in [0.1, 0.15) is 0 Å². The van der Waals surface area contributed by atoms with Gasteiger partial charge in [0.05, 0.1) is 36.6 Å². The fourth-order valence-electron chi connectivity index (χ4n) is 2.44. The summed E-state index contributed by atoms with van der Waals surface area (Å²) in [6.45, 7) is 6.85. The van der Waals surface area contributed by atoms with Crippen LogP contribution >= 0.6 is 0 Å². The Balaban J connectivity index is 2.04. The van der Waals surface area contributed by atoms with Crippen LogP contribution in [-0.4, -0.2) is 59.5 Å². The van der Waals surface area contributed by atoms with E-state index >= 15 is 0 Å². The summed E-state index contributed by atoms with van der Waals surface area (Å²) in [5.41, 5.74) is 4.55. The molecule has 0 radical (unpaired) electrons. The van der Waals surface area contributed by atoms with Crippen LogP contribution in [0.2, 0.25) is 0 Å². The highest BCUT2D eigenvalue weighted by Gasteiger charge is 2.12. The summed E-state index contributed by atoms with van der Waals surface area (Å²) < 4.78 is 7.07. The second-order valence-corrected chi connectivity index (χ2v) is 5.73. The molecule has 116 valence electrons. The van der Waals surface area contributed by atoms with Crippen LogP contribution in [0.1, 0.15) is 11.1 Å². The molecule has 21 heavy (non-hydrogen) atoms. The van der Waals surface area contributed by atoms with Crippen LogP contribution in [0.15, 0.2) is 18.5 Å². The number of rotatable bonds is 7. The minimum atomic E-state index is -0.425. The SMILES string of the molecule is COCCN(C)CC(O)Cn1cnc2cc(C)c(C)cc21. The Morgan fingerprint density at radius 2 is 2.05 bits per heavy atom. The fourth-order valence-corrected chi connectivity index (χ4v) is 2.44. The lowest BCUT2D eigenvalue weighted by atomic mass is 10.1. The van der Waals surface area contributed by atoms with E-state index in [1.165, 1.54) is 11.1 Å². The van der Waals surface area contributed by atoms with E-state index in [0.717, 1.165) is 17.6 Å². The molecule has 0 spiro atoms. The first-order valence-corrected chi connectivity index (χ1v) is 7.29. The number of benzene rings is 1. The van der Waals surface area contributed by atoms with Crippen LogP contribution in [0.25, 0.3) is 11.0 Å². The van der Waals surface area contributed by atoms with Crippen molar-refractivity contribution in [2.75, 3.05) is 33.9 Å². The zero-order chi connectivity index (χ0) is 15.4. The number of aryl methyl sites for hydroxylation is 2. The van der Waals surface area contributed by atoms with Gasteiger partial charge in [0, 0.05) is 20.2 Å². The quantitative estimate of drug-likeness (QED) is 0.842. The lowest BCUT2D eigenvalue weighted by molar-refractivity contribution is 0.0928. The van der Waals surface area contributed by atoms with Gasteiger partial charge in [0.25, 0.3) is 0 Å². The minimum Gasteiger partial charge on any atom is -0.390 e. The Bertz CT molecular complexity index is 594. The van der Waals surface area contributed by atoms with E-state index in [4.69, 9.17) is 4.74 Å². The van der Waals surface area contributed by atoms with Crippen LogP contribution in [0, 0.1) is 13.8 Å². The Hall–Kier alpha value is -1.43. The van der Waals surface area contributed by atoms with Crippen LogP contribution in [0.5, 0.6) is 0 Å². The van der Waals surface area contributed by atoms with Gasteiger partial charge in [-0.1, -0.05) is 0 Å². The summed E-state index contributed by atoms with van der Waals surface area (Å²) in [5.74, 6) is 0. The molecule has 1 aromatic carbocycles. The third kappa shape index (κ3) is 4.03. The predicted octanol–water partition coefficient (Wildman–Crippen LogP) is 1.59. The smallest absolute Gasteiger partial charge is 0.0959 e. The summed E-state index contributed by atoms with van der Waals surface area (Å²) in [6.07, 6.45) is 1.38. The zero-order valence-corrected chi connectivity index (χ0v) is 13.3. The topological polar surface area (TPSA) is 50.5 Å². The predicted molar refractivity (Wildman–Crippen MR) is 84.6 cm³/mol. The molecule has 5 nitrogen and oxygen atoms in total. The molecule has 1 heterocycles. The third-order valence-corrected chi connectivity index (χ3v) is 3.84. The van der Waals surface area contributed by atoms with Gasteiger partial charge in [-0.3, -0.25) is 0 Å². The van der Waals surface area contributed by atoms with E-state index in [2.05, 4.69) is 35.9 Å². The maximum Gasteiger partial charge on any atom is 0.0959 e. The first kappa shape index (κ1) is 15.9. The monoisotopic (exact) mass is 291 g/mol. The number of likely N-dealkylation sites (N-methyl/N-ethyl adjacent to an activating group) is 1. The second kappa shape index (κ2) is 7.02. The van der Waals surface area contributed by atoms with Gasteiger partial charge in [-0.05, 0) is 44.2 Å². The zero-order valence-electron chi connectivity index (χ0n) is 13.3. The van der Waals surface area contributed by atoms with Gasteiger partial charge in [-0.15, -0.1) is 0 Å². The molecular formula is C16H25N3O2. The molecule has 0 saturated heterocycles. The molecule has 0 fully saturated rings. The van der Waals surface area contributed by atoms with E-state index < -0.39 is 6.10 Å². The van der Waals surface area contributed by atoms with Crippen LogP contribution < -0.4 is 0 Å². The van der Waals surface area contributed by atoms with E-state index in [9.17, 15) is 5.11 Å². The number of fused-ring (bicyclic) bond motifs is 1. The Morgan fingerprint density at radius 1 is 1.33 bits per heavy atom. The van der Waals surface area contributed by atoms with Crippen molar-refractivity contribution in [2.24, 2.45) is 0 Å². The highest BCUT2D eigenvalue weighted by molar-refractivity contribution is 5.77. The van der Waals surface area contributed by atoms with Crippen molar-refractivity contribution in [1.29, 1.82) is 0 Å². The highest BCUT2D eigenvalue weighted by atomic mass is 16.5. The van der Waals surface area contributed by atoms with Crippen LogP contribution in [-0.2, 0) is 11.3 Å². The number of aliphatic hydroxyl groups excluding tert-OH is 1. The Kier molecular flexibility index (Phi) is 5.33. The first-order chi connectivity index (χ1) is 10.0. The maximum atomic E-state index is 10.2. The van der Waals surface area contributed by atoms with Gasteiger partial charge in [0.15, 0.2) is 0 Å². The van der Waals surface area contributed by atoms with Crippen molar-refractivity contribution in [3.8, 4) is 0 Å². The number of nitrogens with zero attached hydrogens (tertiary/aromatic N) is 3. The number of imidazole rings is 1. The molecule has 1 atom stereocenters. The van der Waals surface area contributed by atoms with Gasteiger partial charge in [-0.25, -0.2) is 4.98 Å². The first-order valence-electron chi connectivity index (χ1n) is 7.29. The number of hydrogen-bond donors (Lipinski definition) is 1. The van der Waals surface area contributed by atoms with Crippen molar-refractivity contribution in [3.63, 3.8) is 0 Å². The molecular weight excluding hydrogens is 266 g/mol. The molecule has 1 N–H and O–H groups in total. The lowest BCUT2D eigenvalue weighted by Crippen LogP contribution is -2.33. The molecule has 1 unspecified atom stereocenters. The summed E-state index contributed by atoms with van der Waals surface area (Å²) in [7, 11) is 3.67. The number of methoxy groups -OCH3 is 1. The summed E-state index contributed by atoms with van der Waals surface area (Å²) in [5, 5.41) is 10.2. The maximum absolute atomic E-state index is 10.2. The Morgan fingerprint density at radius 3 is 2.76 bits per heavy atom. The van der Waals surface area contributed by atoms with Crippen molar-refractivity contribution in [2.45, 2.75) is 26.5 Å². The fraction of sp³-hybridized carbons (Fsp3) is 0.562. The van der Waals surface area contributed by atoms with Gasteiger partial charge < -0.3 is 19.3 Å². The molecule has 1 aromatic heterocycles. The van der Waals surface area contributed by atoms with Crippen LogP contribution in [0.3, 0.4) is 0 Å². The van der Waals surface area contributed by atoms with Gasteiger partial charge in [0.2, 0.25) is 0 Å². The second-order valence-electron chi connectivity index (χ2n) is 5.73. The minimum absolute atomic E-state index is 0.425. The van der Waals surface area contributed by atoms with Gasteiger partial charge in [-0.2, -0.15) is 0 Å². The van der Waals surface area contributed by atoms with E-state index in [1.807, 2.05) is 17.9 Å². The normalized spacial score (nSPS) is 13.2. The number of aliphatic hydroxyl groups is 1. The van der Waals surface area contributed by atoms with E-state index in [-0.39, 0.29) is 0 Å². The van der Waals surface area contributed by atoms with Crippen molar-refractivity contribution >= 4 is 11.0 Å². The summed E-state index contributed by atoms with van der Waals surface area (Å²) >= 11 is 0. The molecule has 2 rings (SSSR count). The molecule has 0 amide bonds. The van der Waals surface area contributed by atoms with Crippen molar-refractivity contribution in [1.82, 2.24) is 14.5 Å². The molecule has 0 bridgehead atoms. The highest BCUT2D eigenvalue weighted by Crippen LogP contribution is 2.18. The van der Waals surface area contributed by atoms with Crippen molar-refractivity contribution in [3.05, 3.63) is 29.6 Å². The number of aromatic nitrogens is 2. The average Bonchev–Trinajstić information content (AvgIpc) is 2.79.